The van der Waals surface area contributed by atoms with E-state index in [1.165, 1.54) is 6.20 Å². The normalized spacial score (nSPS) is 11.9. The molecule has 0 aliphatic heterocycles. The lowest BCUT2D eigenvalue weighted by Gasteiger charge is -2.13. The Hall–Kier alpha value is -2.86. The summed E-state index contributed by atoms with van der Waals surface area (Å²) in [5.41, 5.74) is 1.92. The Balaban J connectivity index is 1.88. The summed E-state index contributed by atoms with van der Waals surface area (Å²) in [4.78, 5) is 28.1. The number of carbonyl (C=O) groups is 1. The van der Waals surface area contributed by atoms with Gasteiger partial charge in [0.1, 0.15) is 11.0 Å². The third kappa shape index (κ3) is 3.49. The first-order valence-electron chi connectivity index (χ1n) is 7.80. The first kappa shape index (κ1) is 17.0. The van der Waals surface area contributed by atoms with Gasteiger partial charge in [-0.15, -0.1) is 0 Å². The van der Waals surface area contributed by atoms with E-state index < -0.39 is 11.7 Å². The summed E-state index contributed by atoms with van der Waals surface area (Å²) in [6, 6.07) is 6.93. The number of pyridine rings is 2. The molecule has 0 aromatic carbocycles. The fourth-order valence-electron chi connectivity index (χ4n) is 2.58. The Labute approximate surface area is 149 Å². The molecule has 2 N–H and O–H groups in total. The Kier molecular flexibility index (Phi) is 5.00. The van der Waals surface area contributed by atoms with E-state index in [1.807, 2.05) is 19.1 Å². The number of hydrogen-bond donors (Lipinski definition) is 2. The van der Waals surface area contributed by atoms with Gasteiger partial charge in [-0.1, -0.05) is 18.5 Å². The molecule has 1 unspecified atom stereocenters. The zero-order valence-electron chi connectivity index (χ0n) is 13.5. The van der Waals surface area contributed by atoms with Crippen LogP contribution in [0.4, 0.5) is 0 Å². The van der Waals surface area contributed by atoms with Gasteiger partial charge in [-0.25, -0.2) is 9.97 Å². The smallest absolute Gasteiger partial charge is 0.210 e. The Morgan fingerprint density at radius 3 is 2.68 bits per heavy atom. The van der Waals surface area contributed by atoms with E-state index in [9.17, 15) is 4.79 Å². The number of H-pyrrole nitrogens is 1. The molecule has 0 aliphatic carbocycles. The van der Waals surface area contributed by atoms with Gasteiger partial charge < -0.3 is 10.4 Å². The Morgan fingerprint density at radius 1 is 1.24 bits per heavy atom. The maximum atomic E-state index is 12.6. The number of carbonyl (C=O) groups excluding carboxylic acids is 1. The predicted octanol–water partition coefficient (Wildman–Crippen LogP) is 3.92. The van der Waals surface area contributed by atoms with Crippen LogP contribution in [-0.4, -0.2) is 31.4 Å². The third-order valence-corrected chi connectivity index (χ3v) is 4.22. The summed E-state index contributed by atoms with van der Waals surface area (Å²) < 4.78 is 0. The summed E-state index contributed by atoms with van der Waals surface area (Å²) in [6.45, 7) is 1.91. The molecule has 0 bridgehead atoms. The molecule has 25 heavy (non-hydrogen) atoms. The number of halogens is 1. The molecule has 0 aliphatic rings. The highest BCUT2D eigenvalue weighted by molar-refractivity contribution is 6.49. The van der Waals surface area contributed by atoms with Gasteiger partial charge in [0.25, 0.3) is 0 Å². The van der Waals surface area contributed by atoms with Crippen LogP contribution in [0.1, 0.15) is 35.4 Å². The number of nitrogens with zero attached hydrogens (tertiary/aromatic N) is 3. The molecular weight excluding hydrogens is 338 g/mol. The zero-order chi connectivity index (χ0) is 17.8. The van der Waals surface area contributed by atoms with Crippen LogP contribution in [0.2, 0.25) is 5.15 Å². The maximum absolute atomic E-state index is 12.6. The summed E-state index contributed by atoms with van der Waals surface area (Å²) in [5.74, 6) is -0.307. The lowest BCUT2D eigenvalue weighted by molar-refractivity contribution is 0.106. The number of imidazole rings is 1. The second-order valence-electron chi connectivity index (χ2n) is 5.46. The minimum atomic E-state index is -0.445. The van der Waals surface area contributed by atoms with Crippen molar-refractivity contribution >= 4 is 23.1 Å². The molecule has 0 spiro atoms. The van der Waals surface area contributed by atoms with Crippen LogP contribution in [0.5, 0.6) is 0 Å². The van der Waals surface area contributed by atoms with Crippen LogP contribution < -0.4 is 0 Å². The summed E-state index contributed by atoms with van der Waals surface area (Å²) in [7, 11) is 0. The molecular formula is C18H16ClN5O. The van der Waals surface area contributed by atoms with Crippen LogP contribution in [-0.2, 0) is 0 Å². The van der Waals surface area contributed by atoms with Gasteiger partial charge in [0, 0.05) is 24.2 Å². The van der Waals surface area contributed by atoms with Gasteiger partial charge in [-0.05, 0) is 30.7 Å². The second-order valence-corrected chi connectivity index (χ2v) is 5.82. The molecule has 0 saturated heterocycles. The number of aromatic amines is 1. The molecule has 3 rings (SSSR count). The van der Waals surface area contributed by atoms with Gasteiger partial charge >= 0.3 is 0 Å². The maximum Gasteiger partial charge on any atom is 0.210 e. The molecule has 126 valence electrons. The molecule has 3 aromatic rings. The van der Waals surface area contributed by atoms with E-state index in [0.717, 1.165) is 11.3 Å². The fraction of sp³-hybridized carbons (Fsp3) is 0.167. The van der Waals surface area contributed by atoms with Crippen molar-refractivity contribution in [1.82, 2.24) is 19.9 Å². The molecule has 3 aromatic heterocycles. The third-order valence-electron chi connectivity index (χ3n) is 3.92. The monoisotopic (exact) mass is 353 g/mol. The van der Waals surface area contributed by atoms with Crippen LogP contribution in [0.3, 0.4) is 0 Å². The summed E-state index contributed by atoms with van der Waals surface area (Å²) >= 11 is 5.98. The number of Topliss-reactive ketones (excluding diaryl/α,β-unsaturated/α-hetero) is 1. The Morgan fingerprint density at radius 2 is 2.00 bits per heavy atom. The van der Waals surface area contributed by atoms with E-state index in [1.54, 1.807) is 30.7 Å². The van der Waals surface area contributed by atoms with Crippen molar-refractivity contribution in [3.05, 3.63) is 65.6 Å². The van der Waals surface area contributed by atoms with E-state index in [0.29, 0.717) is 12.2 Å². The SMILES string of the molecule is CCC(C(=N)C(=O)c1cccnc1Cl)c1ncc(-c2ccncc2)[nH]1. The zero-order valence-corrected chi connectivity index (χ0v) is 14.3. The fourth-order valence-corrected chi connectivity index (χ4v) is 2.79. The minimum absolute atomic E-state index is 0.0620. The minimum Gasteiger partial charge on any atom is -0.341 e. The van der Waals surface area contributed by atoms with E-state index in [-0.39, 0.29) is 16.4 Å². The quantitative estimate of drug-likeness (QED) is 0.399. The van der Waals surface area contributed by atoms with Gasteiger partial charge in [-0.2, -0.15) is 0 Å². The predicted molar refractivity (Wildman–Crippen MR) is 96.2 cm³/mol. The number of aromatic nitrogens is 4. The average molecular weight is 354 g/mol. The summed E-state index contributed by atoms with van der Waals surface area (Å²) in [5, 5.41) is 8.43. The van der Waals surface area contributed by atoms with Gasteiger partial charge in [0.05, 0.1) is 29.1 Å². The van der Waals surface area contributed by atoms with E-state index in [2.05, 4.69) is 19.9 Å². The summed E-state index contributed by atoms with van der Waals surface area (Å²) in [6.07, 6.45) is 7.16. The number of hydrogen-bond acceptors (Lipinski definition) is 5. The number of nitrogens with one attached hydrogen (secondary N) is 2. The topological polar surface area (TPSA) is 95.4 Å². The highest BCUT2D eigenvalue weighted by Gasteiger charge is 2.26. The molecule has 0 amide bonds. The molecule has 3 heterocycles. The van der Waals surface area contributed by atoms with Crippen LogP contribution >= 0.6 is 11.6 Å². The second kappa shape index (κ2) is 7.36. The first-order chi connectivity index (χ1) is 12.1. The number of rotatable bonds is 6. The van der Waals surface area contributed by atoms with Gasteiger partial charge in [0.15, 0.2) is 0 Å². The lowest BCUT2D eigenvalue weighted by Crippen LogP contribution is -2.22. The molecule has 0 saturated carbocycles. The van der Waals surface area contributed by atoms with Gasteiger partial charge in [-0.3, -0.25) is 9.78 Å². The first-order valence-corrected chi connectivity index (χ1v) is 8.18. The van der Waals surface area contributed by atoms with E-state index >= 15 is 0 Å². The van der Waals surface area contributed by atoms with Crippen LogP contribution in [0.25, 0.3) is 11.3 Å². The van der Waals surface area contributed by atoms with Gasteiger partial charge in [0.2, 0.25) is 5.78 Å². The largest absolute Gasteiger partial charge is 0.341 e. The molecule has 0 radical (unpaired) electrons. The van der Waals surface area contributed by atoms with Crippen molar-refractivity contribution in [1.29, 1.82) is 5.41 Å². The average Bonchev–Trinajstić information content (AvgIpc) is 3.12. The van der Waals surface area contributed by atoms with Crippen molar-refractivity contribution in [3.63, 3.8) is 0 Å². The van der Waals surface area contributed by atoms with Crippen molar-refractivity contribution < 1.29 is 4.79 Å². The standard InChI is InChI=1S/C18H16ClN5O/c1-2-12(15(20)16(25)13-4-3-7-22-17(13)19)18-23-10-14(24-18)11-5-8-21-9-6-11/h3-10,12,20H,2H2,1H3,(H,23,24). The van der Waals surface area contributed by atoms with Crippen LogP contribution in [0, 0.1) is 5.41 Å². The van der Waals surface area contributed by atoms with Crippen molar-refractivity contribution in [3.8, 4) is 11.3 Å². The molecule has 6 nitrogen and oxygen atoms in total. The molecule has 0 fully saturated rings. The lowest BCUT2D eigenvalue weighted by atomic mass is 9.93. The number of ketones is 1. The molecule has 1 atom stereocenters. The Bertz CT molecular complexity index is 907. The van der Waals surface area contributed by atoms with Crippen molar-refractivity contribution in [2.75, 3.05) is 0 Å². The molecule has 7 heteroatoms. The van der Waals surface area contributed by atoms with Crippen molar-refractivity contribution in [2.45, 2.75) is 19.3 Å². The highest BCUT2D eigenvalue weighted by atomic mass is 35.5. The van der Waals surface area contributed by atoms with Crippen LogP contribution in [0.15, 0.2) is 49.1 Å². The van der Waals surface area contributed by atoms with E-state index in [4.69, 9.17) is 17.0 Å². The highest BCUT2D eigenvalue weighted by Crippen LogP contribution is 2.25. The van der Waals surface area contributed by atoms with Crippen molar-refractivity contribution in [2.24, 2.45) is 0 Å².